The summed E-state index contributed by atoms with van der Waals surface area (Å²) in [6.45, 7) is 2.75. The molecule has 0 bridgehead atoms. The molecule has 0 aliphatic heterocycles. The average Bonchev–Trinajstić information content (AvgIpc) is 3.56. The van der Waals surface area contributed by atoms with Gasteiger partial charge < -0.3 is 5.11 Å². The Morgan fingerprint density at radius 1 is 1.05 bits per heavy atom. The van der Waals surface area contributed by atoms with Gasteiger partial charge in [-0.15, -0.1) is 10.2 Å². The van der Waals surface area contributed by atoms with Gasteiger partial charge in [-0.05, 0) is 31.4 Å². The number of aryl methyl sites for hydroxylation is 1. The van der Waals surface area contributed by atoms with Gasteiger partial charge >= 0.3 is 6.09 Å². The second-order valence-corrected chi connectivity index (χ2v) is 9.89. The number of aromatic nitrogens is 7. The first-order chi connectivity index (χ1) is 18.5. The van der Waals surface area contributed by atoms with Crippen LogP contribution in [0, 0.1) is 12.9 Å². The monoisotopic (exact) mass is 518 g/mol. The summed E-state index contributed by atoms with van der Waals surface area (Å²) in [5, 5.41) is 27.4. The summed E-state index contributed by atoms with van der Waals surface area (Å²) < 4.78 is 17.4. The van der Waals surface area contributed by atoms with Crippen molar-refractivity contribution in [3.8, 4) is 0 Å². The van der Waals surface area contributed by atoms with Crippen molar-refractivity contribution in [1.82, 2.24) is 39.9 Å². The summed E-state index contributed by atoms with van der Waals surface area (Å²) in [5.74, 6) is -0.569. The zero-order valence-corrected chi connectivity index (χ0v) is 21.3. The topological polar surface area (TPSA) is 115 Å². The van der Waals surface area contributed by atoms with Gasteiger partial charge in [-0.25, -0.2) is 19.1 Å². The van der Waals surface area contributed by atoms with Crippen LogP contribution in [0.3, 0.4) is 0 Å². The van der Waals surface area contributed by atoms with Crippen LogP contribution in [-0.2, 0) is 19.5 Å². The first-order valence-corrected chi connectivity index (χ1v) is 12.9. The molecule has 3 heterocycles. The Morgan fingerprint density at radius 3 is 2.53 bits per heavy atom. The van der Waals surface area contributed by atoms with E-state index in [1.54, 1.807) is 23.0 Å². The lowest BCUT2D eigenvalue weighted by Crippen LogP contribution is -2.44. The first kappa shape index (κ1) is 25.5. The second kappa shape index (κ2) is 11.5. The van der Waals surface area contributed by atoms with Crippen LogP contribution in [0.2, 0.25) is 0 Å². The largest absolute Gasteiger partial charge is 0.465 e. The average molecular weight is 519 g/mol. The van der Waals surface area contributed by atoms with Gasteiger partial charge in [0, 0.05) is 30.4 Å². The lowest BCUT2D eigenvalue weighted by molar-refractivity contribution is 0.0814. The van der Waals surface area contributed by atoms with Crippen LogP contribution in [0.4, 0.5) is 9.18 Å². The van der Waals surface area contributed by atoms with Crippen LogP contribution in [0.25, 0.3) is 0 Å². The molecular formula is C27H31FN8O2. The fourth-order valence-corrected chi connectivity index (χ4v) is 5.09. The van der Waals surface area contributed by atoms with Gasteiger partial charge in [0.25, 0.3) is 0 Å². The van der Waals surface area contributed by atoms with Crippen molar-refractivity contribution in [1.29, 1.82) is 0 Å². The Bertz CT molecular complexity index is 1360. The molecule has 5 rings (SSSR count). The molecule has 1 N–H and O–H groups in total. The van der Waals surface area contributed by atoms with Gasteiger partial charge in [-0.3, -0.25) is 4.90 Å². The first-order valence-electron chi connectivity index (χ1n) is 12.9. The van der Waals surface area contributed by atoms with Crippen molar-refractivity contribution in [2.75, 3.05) is 0 Å². The highest BCUT2D eigenvalue weighted by Gasteiger charge is 2.35. The predicted octanol–water partition coefficient (Wildman–Crippen LogP) is 4.41. The molecule has 10 nitrogen and oxygen atoms in total. The Hall–Kier alpha value is -4.15. The number of hydrogen-bond acceptors (Lipinski definition) is 6. The van der Waals surface area contributed by atoms with Crippen molar-refractivity contribution >= 4 is 6.09 Å². The highest BCUT2D eigenvalue weighted by Crippen LogP contribution is 2.32. The van der Waals surface area contributed by atoms with Gasteiger partial charge in [0.1, 0.15) is 5.69 Å². The summed E-state index contributed by atoms with van der Waals surface area (Å²) in [5.41, 5.74) is 3.82. The van der Waals surface area contributed by atoms with Crippen LogP contribution < -0.4 is 0 Å². The predicted molar refractivity (Wildman–Crippen MR) is 137 cm³/mol. The van der Waals surface area contributed by atoms with E-state index in [1.807, 2.05) is 13.1 Å². The van der Waals surface area contributed by atoms with E-state index in [0.29, 0.717) is 29.9 Å². The maximum atomic E-state index is 14.1. The van der Waals surface area contributed by atoms with Crippen LogP contribution in [0.5, 0.6) is 0 Å². The number of pyridine rings is 1. The van der Waals surface area contributed by atoms with E-state index < -0.39 is 18.1 Å². The fraction of sp³-hybridized carbons (Fsp3) is 0.407. The lowest BCUT2D eigenvalue weighted by Gasteiger charge is -2.37. The zero-order chi connectivity index (χ0) is 26.5. The quantitative estimate of drug-likeness (QED) is 0.327. The Labute approximate surface area is 220 Å². The molecule has 1 unspecified atom stereocenters. The number of amides is 1. The van der Waals surface area contributed by atoms with Crippen LogP contribution in [0.15, 0.2) is 55.0 Å². The standard InChI is InChI=1S/C27H31FN8O2/c1-19-9-11-20(12-10-19)15-34-17-22(30-32-34)14-25(36(27(37)38)23-7-3-2-4-8-23)24-18-35(33-31-24)16-21-6-5-13-29-26(21)28/h5-6,9-13,17-18,23,25H,2-4,7-8,14-16H2,1H3,(H,37,38). The van der Waals surface area contributed by atoms with E-state index in [1.165, 1.54) is 21.3 Å². The minimum absolute atomic E-state index is 0.116. The van der Waals surface area contributed by atoms with E-state index in [9.17, 15) is 14.3 Å². The molecular weight excluding hydrogens is 487 g/mol. The Kier molecular flexibility index (Phi) is 7.71. The van der Waals surface area contributed by atoms with E-state index >= 15 is 0 Å². The molecule has 0 saturated heterocycles. The van der Waals surface area contributed by atoms with Crippen LogP contribution >= 0.6 is 0 Å². The summed E-state index contributed by atoms with van der Waals surface area (Å²) >= 11 is 0. The molecule has 1 amide bonds. The third-order valence-corrected chi connectivity index (χ3v) is 7.04. The number of rotatable bonds is 9. The maximum Gasteiger partial charge on any atom is 0.408 e. The fourth-order valence-electron chi connectivity index (χ4n) is 5.09. The summed E-state index contributed by atoms with van der Waals surface area (Å²) in [6, 6.07) is 10.8. The van der Waals surface area contributed by atoms with Crippen molar-refractivity contribution in [3.05, 3.63) is 89.0 Å². The molecule has 0 spiro atoms. The van der Waals surface area contributed by atoms with E-state index in [4.69, 9.17) is 0 Å². The van der Waals surface area contributed by atoms with Gasteiger partial charge in [0.05, 0.1) is 31.0 Å². The number of benzene rings is 1. The number of hydrogen-bond donors (Lipinski definition) is 1. The number of nitrogens with zero attached hydrogens (tertiary/aromatic N) is 8. The molecule has 1 aromatic carbocycles. The van der Waals surface area contributed by atoms with Gasteiger partial charge in [0.2, 0.25) is 5.95 Å². The normalized spacial score (nSPS) is 14.9. The molecule has 38 heavy (non-hydrogen) atoms. The maximum absolute atomic E-state index is 14.1. The van der Waals surface area contributed by atoms with Crippen molar-refractivity contribution in [2.45, 2.75) is 70.6 Å². The van der Waals surface area contributed by atoms with Gasteiger partial charge in [-0.2, -0.15) is 4.39 Å². The lowest BCUT2D eigenvalue weighted by atomic mass is 9.92. The van der Waals surface area contributed by atoms with E-state index in [2.05, 4.69) is 49.9 Å². The zero-order valence-electron chi connectivity index (χ0n) is 21.3. The third kappa shape index (κ3) is 6.04. The molecule has 3 aromatic heterocycles. The second-order valence-electron chi connectivity index (χ2n) is 9.89. The Balaban J connectivity index is 1.41. The smallest absolute Gasteiger partial charge is 0.408 e. The number of carbonyl (C=O) groups is 1. The summed E-state index contributed by atoms with van der Waals surface area (Å²) in [4.78, 5) is 17.8. The molecule has 1 aliphatic carbocycles. The summed E-state index contributed by atoms with van der Waals surface area (Å²) in [7, 11) is 0. The van der Waals surface area contributed by atoms with Gasteiger partial charge in [0.15, 0.2) is 0 Å². The molecule has 1 aliphatic rings. The number of carboxylic acid groups (broad SMARTS) is 1. The highest BCUT2D eigenvalue weighted by atomic mass is 19.1. The number of halogens is 1. The SMILES string of the molecule is Cc1ccc(Cn2cc(CC(c3cn(Cc4cccnc4F)nn3)N(C(=O)O)C3CCCCC3)nn2)cc1. The van der Waals surface area contributed by atoms with Crippen molar-refractivity contribution < 1.29 is 14.3 Å². The molecule has 4 aromatic rings. The Morgan fingerprint density at radius 2 is 1.79 bits per heavy atom. The summed E-state index contributed by atoms with van der Waals surface area (Å²) in [6.07, 6.45) is 8.92. The van der Waals surface area contributed by atoms with Gasteiger partial charge in [-0.1, -0.05) is 65.6 Å². The van der Waals surface area contributed by atoms with Crippen molar-refractivity contribution in [2.24, 2.45) is 0 Å². The highest BCUT2D eigenvalue weighted by molar-refractivity contribution is 5.66. The minimum atomic E-state index is -0.998. The van der Waals surface area contributed by atoms with E-state index in [-0.39, 0.29) is 12.6 Å². The van der Waals surface area contributed by atoms with Crippen LogP contribution in [-0.4, -0.2) is 57.1 Å². The molecule has 1 saturated carbocycles. The third-order valence-electron chi connectivity index (χ3n) is 7.04. The molecule has 198 valence electrons. The molecule has 1 fully saturated rings. The van der Waals surface area contributed by atoms with Crippen molar-refractivity contribution in [3.63, 3.8) is 0 Å². The molecule has 11 heteroatoms. The molecule has 0 radical (unpaired) electrons. The minimum Gasteiger partial charge on any atom is -0.465 e. The molecule has 1 atom stereocenters. The van der Waals surface area contributed by atoms with E-state index in [0.717, 1.165) is 37.7 Å². The van der Waals surface area contributed by atoms with Crippen LogP contribution in [0.1, 0.15) is 66.2 Å².